The van der Waals surface area contributed by atoms with Crippen molar-refractivity contribution in [3.05, 3.63) is 12.2 Å². The van der Waals surface area contributed by atoms with Crippen molar-refractivity contribution in [2.75, 3.05) is 14.2 Å². The van der Waals surface area contributed by atoms with Crippen LogP contribution in [0.2, 0.25) is 0 Å². The molecule has 0 radical (unpaired) electrons. The first-order chi connectivity index (χ1) is 7.67. The molecule has 100 valence electrons. The SMILES string of the molecule is C=C(CC)C(CC)CCCC.CC.COC. The number of hydrogen-bond donors (Lipinski definition) is 0. The molecule has 0 spiro atoms. The summed E-state index contributed by atoms with van der Waals surface area (Å²) < 4.78 is 4.25. The van der Waals surface area contributed by atoms with E-state index in [1.807, 2.05) is 13.8 Å². The molecule has 16 heavy (non-hydrogen) atoms. The van der Waals surface area contributed by atoms with E-state index < -0.39 is 0 Å². The zero-order valence-corrected chi connectivity index (χ0v) is 12.7. The van der Waals surface area contributed by atoms with Gasteiger partial charge < -0.3 is 4.74 Å². The zero-order chi connectivity index (χ0) is 13.4. The Hall–Kier alpha value is -0.300. The van der Waals surface area contributed by atoms with E-state index in [0.717, 1.165) is 12.3 Å². The number of allylic oxidation sites excluding steroid dienone is 1. The Kier molecular flexibility index (Phi) is 26.5. The average molecular weight is 230 g/mol. The van der Waals surface area contributed by atoms with Crippen molar-refractivity contribution in [3.63, 3.8) is 0 Å². The molecule has 0 amide bonds. The summed E-state index contributed by atoms with van der Waals surface area (Å²) >= 11 is 0. The summed E-state index contributed by atoms with van der Waals surface area (Å²) in [5.41, 5.74) is 1.45. The lowest BCUT2D eigenvalue weighted by Gasteiger charge is -2.15. The van der Waals surface area contributed by atoms with Gasteiger partial charge in [0.2, 0.25) is 0 Å². The Labute approximate surface area is 104 Å². The van der Waals surface area contributed by atoms with Gasteiger partial charge >= 0.3 is 0 Å². The molecule has 0 saturated carbocycles. The third kappa shape index (κ3) is 16.1. The first kappa shape index (κ1) is 21.0. The highest BCUT2D eigenvalue weighted by Crippen LogP contribution is 2.22. The fourth-order valence-corrected chi connectivity index (χ4v) is 1.44. The third-order valence-electron chi connectivity index (χ3n) is 2.43. The second-order valence-electron chi connectivity index (χ2n) is 3.67. The maximum atomic E-state index is 4.25. The minimum absolute atomic E-state index is 0.792. The summed E-state index contributed by atoms with van der Waals surface area (Å²) in [7, 11) is 3.25. The smallest absolute Gasteiger partial charge is 0.0351 e. The zero-order valence-electron chi connectivity index (χ0n) is 12.7. The van der Waals surface area contributed by atoms with E-state index in [2.05, 4.69) is 32.1 Å². The molecule has 0 rings (SSSR count). The van der Waals surface area contributed by atoms with Crippen LogP contribution < -0.4 is 0 Å². The van der Waals surface area contributed by atoms with Crippen LogP contribution in [0, 0.1) is 5.92 Å². The Morgan fingerprint density at radius 1 is 1.12 bits per heavy atom. The molecular formula is C15H34O. The fourth-order valence-electron chi connectivity index (χ4n) is 1.44. The van der Waals surface area contributed by atoms with E-state index >= 15 is 0 Å². The first-order valence-corrected chi connectivity index (χ1v) is 6.75. The molecule has 0 aromatic heterocycles. The maximum Gasteiger partial charge on any atom is 0.0351 e. The van der Waals surface area contributed by atoms with Gasteiger partial charge in [-0.15, -0.1) is 0 Å². The lowest BCUT2D eigenvalue weighted by atomic mass is 9.91. The van der Waals surface area contributed by atoms with Gasteiger partial charge in [-0.1, -0.05) is 59.6 Å². The van der Waals surface area contributed by atoms with E-state index in [1.54, 1.807) is 14.2 Å². The number of rotatable bonds is 6. The summed E-state index contributed by atoms with van der Waals surface area (Å²) in [6.07, 6.45) is 6.44. The molecule has 0 N–H and O–H groups in total. The van der Waals surface area contributed by atoms with Gasteiger partial charge in [0.15, 0.2) is 0 Å². The van der Waals surface area contributed by atoms with Crippen molar-refractivity contribution >= 4 is 0 Å². The van der Waals surface area contributed by atoms with E-state index in [1.165, 1.54) is 31.3 Å². The van der Waals surface area contributed by atoms with E-state index in [4.69, 9.17) is 0 Å². The summed E-state index contributed by atoms with van der Waals surface area (Å²) in [6, 6.07) is 0. The highest BCUT2D eigenvalue weighted by atomic mass is 16.4. The number of hydrogen-bond acceptors (Lipinski definition) is 1. The lowest BCUT2D eigenvalue weighted by molar-refractivity contribution is 0.277. The molecular weight excluding hydrogens is 196 g/mol. The Morgan fingerprint density at radius 3 is 1.81 bits per heavy atom. The number of unbranched alkanes of at least 4 members (excludes halogenated alkanes) is 1. The van der Waals surface area contributed by atoms with Crippen LogP contribution in [0.1, 0.15) is 66.7 Å². The highest BCUT2D eigenvalue weighted by Gasteiger charge is 2.07. The van der Waals surface area contributed by atoms with Crippen LogP contribution in [0.5, 0.6) is 0 Å². The molecule has 0 aromatic carbocycles. The Bertz CT molecular complexity index is 119. The van der Waals surface area contributed by atoms with Gasteiger partial charge in [-0.25, -0.2) is 0 Å². The average Bonchev–Trinajstić information content (AvgIpc) is 2.33. The van der Waals surface area contributed by atoms with Crippen LogP contribution in [0.25, 0.3) is 0 Å². The third-order valence-corrected chi connectivity index (χ3v) is 2.43. The van der Waals surface area contributed by atoms with Crippen LogP contribution in [0.4, 0.5) is 0 Å². The summed E-state index contributed by atoms with van der Waals surface area (Å²) in [6.45, 7) is 14.8. The highest BCUT2D eigenvalue weighted by molar-refractivity contribution is 4.98. The molecule has 0 aliphatic rings. The van der Waals surface area contributed by atoms with Gasteiger partial charge in [0.25, 0.3) is 0 Å². The van der Waals surface area contributed by atoms with E-state index in [-0.39, 0.29) is 0 Å². The normalized spacial score (nSPS) is 10.4. The molecule has 0 aromatic rings. The van der Waals surface area contributed by atoms with Gasteiger partial charge in [0.1, 0.15) is 0 Å². The first-order valence-electron chi connectivity index (χ1n) is 6.75. The van der Waals surface area contributed by atoms with Gasteiger partial charge in [0.05, 0.1) is 0 Å². The molecule has 0 bridgehead atoms. The van der Waals surface area contributed by atoms with Gasteiger partial charge in [0, 0.05) is 14.2 Å². The molecule has 0 aliphatic carbocycles. The van der Waals surface area contributed by atoms with Gasteiger partial charge in [-0.05, 0) is 25.2 Å². The summed E-state index contributed by atoms with van der Waals surface area (Å²) in [5.74, 6) is 0.792. The molecule has 0 aliphatic heterocycles. The molecule has 0 fully saturated rings. The monoisotopic (exact) mass is 230 g/mol. The molecule has 1 atom stereocenters. The van der Waals surface area contributed by atoms with E-state index in [0.29, 0.717) is 0 Å². The van der Waals surface area contributed by atoms with Crippen molar-refractivity contribution in [1.82, 2.24) is 0 Å². The molecule has 1 nitrogen and oxygen atoms in total. The van der Waals surface area contributed by atoms with Crippen LogP contribution in [0.15, 0.2) is 12.2 Å². The Morgan fingerprint density at radius 2 is 1.56 bits per heavy atom. The van der Waals surface area contributed by atoms with Crippen molar-refractivity contribution in [3.8, 4) is 0 Å². The molecule has 0 heterocycles. The van der Waals surface area contributed by atoms with Gasteiger partial charge in [-0.3, -0.25) is 0 Å². The predicted octanol–water partition coefficient (Wildman–Crippen LogP) is 5.46. The van der Waals surface area contributed by atoms with Crippen LogP contribution in [0.3, 0.4) is 0 Å². The molecule has 1 unspecified atom stereocenters. The van der Waals surface area contributed by atoms with Crippen molar-refractivity contribution in [2.24, 2.45) is 5.92 Å². The van der Waals surface area contributed by atoms with Gasteiger partial charge in [-0.2, -0.15) is 0 Å². The van der Waals surface area contributed by atoms with Crippen LogP contribution in [-0.4, -0.2) is 14.2 Å². The summed E-state index contributed by atoms with van der Waals surface area (Å²) in [4.78, 5) is 0. The maximum absolute atomic E-state index is 4.25. The fraction of sp³-hybridized carbons (Fsp3) is 0.867. The number of methoxy groups -OCH3 is 1. The molecule has 0 saturated heterocycles. The van der Waals surface area contributed by atoms with Crippen LogP contribution in [-0.2, 0) is 4.74 Å². The van der Waals surface area contributed by atoms with Crippen molar-refractivity contribution < 1.29 is 4.74 Å². The van der Waals surface area contributed by atoms with E-state index in [9.17, 15) is 0 Å². The van der Waals surface area contributed by atoms with Crippen molar-refractivity contribution in [1.29, 1.82) is 0 Å². The largest absolute Gasteiger partial charge is 0.388 e. The standard InChI is InChI=1S/C11H22.C2H6O.C2H6/c1-5-8-9-11(7-3)10(4)6-2;1-3-2;1-2/h11H,4-9H2,1-3H3;1-2H3;1-2H3. The quantitative estimate of drug-likeness (QED) is 0.551. The molecule has 1 heteroatoms. The second kappa shape index (κ2) is 20.2. The second-order valence-corrected chi connectivity index (χ2v) is 3.67. The number of ether oxygens (including phenoxy) is 1. The van der Waals surface area contributed by atoms with Crippen molar-refractivity contribution in [2.45, 2.75) is 66.7 Å². The van der Waals surface area contributed by atoms with Crippen LogP contribution >= 0.6 is 0 Å². The summed E-state index contributed by atoms with van der Waals surface area (Å²) in [5, 5.41) is 0. The topological polar surface area (TPSA) is 9.23 Å². The minimum Gasteiger partial charge on any atom is -0.388 e. The minimum atomic E-state index is 0.792. The lowest BCUT2D eigenvalue weighted by Crippen LogP contribution is -2.00. The predicted molar refractivity (Wildman–Crippen MR) is 77.0 cm³/mol. The Balaban J connectivity index is -0.000000289.